The number of imide groups is 1. The lowest BCUT2D eigenvalue weighted by Gasteiger charge is -2.33. The first kappa shape index (κ1) is 20.4. The maximum atomic E-state index is 12.9. The first-order valence-electron chi connectivity index (χ1n) is 10.7. The first-order valence-corrected chi connectivity index (χ1v) is 10.7. The van der Waals surface area contributed by atoms with Crippen molar-refractivity contribution in [2.45, 2.75) is 51.4 Å². The van der Waals surface area contributed by atoms with Gasteiger partial charge in [0.05, 0.1) is 6.04 Å². The summed E-state index contributed by atoms with van der Waals surface area (Å²) in [5.41, 5.74) is 2.10. The highest BCUT2D eigenvalue weighted by Crippen LogP contribution is 2.23. The summed E-state index contributed by atoms with van der Waals surface area (Å²) in [6, 6.07) is 17.6. The van der Waals surface area contributed by atoms with Gasteiger partial charge in [0.1, 0.15) is 18.9 Å². The summed E-state index contributed by atoms with van der Waals surface area (Å²) in [5, 5.41) is 3.45. The molecule has 4 rings (SSSR count). The number of carbonyl (C=O) groups excluding carboxylic acids is 2. The van der Waals surface area contributed by atoms with E-state index in [1.54, 1.807) is 4.90 Å². The van der Waals surface area contributed by atoms with E-state index < -0.39 is 0 Å². The fourth-order valence-corrected chi connectivity index (χ4v) is 4.21. The zero-order chi connectivity index (χ0) is 20.9. The van der Waals surface area contributed by atoms with Crippen LogP contribution in [0.4, 0.5) is 4.79 Å². The highest BCUT2D eigenvalue weighted by molar-refractivity contribution is 6.02. The van der Waals surface area contributed by atoms with Gasteiger partial charge in [-0.15, -0.1) is 0 Å². The van der Waals surface area contributed by atoms with Crippen LogP contribution in [0.2, 0.25) is 0 Å². The number of ether oxygens (including phenoxy) is 1. The summed E-state index contributed by atoms with van der Waals surface area (Å²) in [5.74, 6) is 0.674. The number of carbonyl (C=O) groups is 2. The summed E-state index contributed by atoms with van der Waals surface area (Å²) in [6.45, 7) is 4.00. The Labute approximate surface area is 177 Å². The Hall–Kier alpha value is -2.86. The van der Waals surface area contributed by atoms with Gasteiger partial charge in [0, 0.05) is 12.6 Å². The zero-order valence-electron chi connectivity index (χ0n) is 17.4. The van der Waals surface area contributed by atoms with Crippen LogP contribution >= 0.6 is 0 Å². The lowest BCUT2D eigenvalue weighted by Crippen LogP contribution is -2.52. The van der Waals surface area contributed by atoms with Gasteiger partial charge in [-0.1, -0.05) is 48.9 Å². The molecule has 158 valence electrons. The molecule has 0 bridgehead atoms. The number of hydrogen-bond donors (Lipinski definition) is 1. The van der Waals surface area contributed by atoms with E-state index in [0.29, 0.717) is 13.2 Å². The van der Waals surface area contributed by atoms with Crippen molar-refractivity contribution in [2.75, 3.05) is 13.1 Å². The summed E-state index contributed by atoms with van der Waals surface area (Å²) in [7, 11) is 0. The fraction of sp³-hybridized carbons (Fsp3) is 0.417. The molecule has 2 aliphatic rings. The van der Waals surface area contributed by atoms with Crippen LogP contribution in [-0.2, 0) is 17.9 Å². The second kappa shape index (κ2) is 9.30. The molecule has 2 fully saturated rings. The monoisotopic (exact) mass is 407 g/mol. The number of nitrogens with one attached hydrogen (secondary N) is 1. The average molecular weight is 408 g/mol. The lowest BCUT2D eigenvalue weighted by molar-refractivity contribution is -0.127. The molecule has 0 radical (unpaired) electrons. The second-order valence-corrected chi connectivity index (χ2v) is 8.12. The molecule has 2 heterocycles. The molecule has 3 amide bonds. The van der Waals surface area contributed by atoms with Gasteiger partial charge < -0.3 is 15.0 Å². The molecule has 0 saturated carbocycles. The number of urea groups is 1. The summed E-state index contributed by atoms with van der Waals surface area (Å²) in [4.78, 5) is 28.5. The minimum Gasteiger partial charge on any atom is -0.489 e. The number of amides is 3. The molecule has 0 spiro atoms. The van der Waals surface area contributed by atoms with Crippen molar-refractivity contribution in [2.24, 2.45) is 0 Å². The van der Waals surface area contributed by atoms with Gasteiger partial charge in [-0.05, 0) is 49.6 Å². The van der Waals surface area contributed by atoms with Gasteiger partial charge in [0.25, 0.3) is 5.91 Å². The van der Waals surface area contributed by atoms with Crippen LogP contribution < -0.4 is 10.1 Å². The maximum absolute atomic E-state index is 12.9. The van der Waals surface area contributed by atoms with Crippen molar-refractivity contribution in [3.8, 4) is 5.75 Å². The van der Waals surface area contributed by atoms with Crippen molar-refractivity contribution >= 4 is 11.9 Å². The van der Waals surface area contributed by atoms with Gasteiger partial charge in [-0.3, -0.25) is 9.69 Å². The van der Waals surface area contributed by atoms with Gasteiger partial charge in [0.2, 0.25) is 0 Å². The molecule has 2 saturated heterocycles. The Balaban J connectivity index is 1.33. The number of benzene rings is 2. The molecular formula is C24H29N3O3. The van der Waals surface area contributed by atoms with Crippen molar-refractivity contribution in [3.05, 3.63) is 65.7 Å². The molecule has 2 aliphatic heterocycles. The number of rotatable bonds is 7. The molecule has 2 unspecified atom stereocenters. The summed E-state index contributed by atoms with van der Waals surface area (Å²) in [6.07, 6.45) is 3.30. The van der Waals surface area contributed by atoms with Crippen LogP contribution in [0.15, 0.2) is 54.6 Å². The van der Waals surface area contributed by atoms with Crippen LogP contribution in [0.3, 0.4) is 0 Å². The minimum absolute atomic E-state index is 0.109. The molecule has 6 nitrogen and oxygen atoms in total. The Kier molecular flexibility index (Phi) is 6.33. The number of hydrogen-bond acceptors (Lipinski definition) is 4. The van der Waals surface area contributed by atoms with E-state index in [2.05, 4.69) is 5.32 Å². The van der Waals surface area contributed by atoms with E-state index in [1.165, 1.54) is 4.90 Å². The van der Waals surface area contributed by atoms with E-state index >= 15 is 0 Å². The van der Waals surface area contributed by atoms with Crippen LogP contribution in [0, 0.1) is 0 Å². The third kappa shape index (κ3) is 4.65. The molecule has 2 aromatic rings. The van der Waals surface area contributed by atoms with Crippen molar-refractivity contribution in [3.63, 3.8) is 0 Å². The van der Waals surface area contributed by atoms with Crippen LogP contribution in [0.5, 0.6) is 5.75 Å². The largest absolute Gasteiger partial charge is 0.489 e. The van der Waals surface area contributed by atoms with E-state index in [0.717, 1.165) is 42.7 Å². The minimum atomic E-state index is -0.190. The third-order valence-corrected chi connectivity index (χ3v) is 5.95. The van der Waals surface area contributed by atoms with Gasteiger partial charge >= 0.3 is 6.03 Å². The van der Waals surface area contributed by atoms with E-state index in [1.807, 2.05) is 61.5 Å². The van der Waals surface area contributed by atoms with Gasteiger partial charge in [-0.25, -0.2) is 4.79 Å². The lowest BCUT2D eigenvalue weighted by atomic mass is 9.98. The SMILES string of the molecule is CC(C1CCCCN1)N1C(=O)CN(Cc2ccc(OCc3ccccc3)cc2)C1=O. The maximum Gasteiger partial charge on any atom is 0.327 e. The number of nitrogens with zero attached hydrogens (tertiary/aromatic N) is 2. The Bertz CT molecular complexity index is 863. The standard InChI is InChI=1S/C24H29N3O3/c1-18(22-9-5-6-14-25-22)27-23(28)16-26(24(27)29)15-19-10-12-21(13-11-19)30-17-20-7-3-2-4-8-20/h2-4,7-8,10-13,18,22,25H,5-6,9,14-17H2,1H3. The summed E-state index contributed by atoms with van der Waals surface area (Å²) < 4.78 is 5.82. The highest BCUT2D eigenvalue weighted by atomic mass is 16.5. The molecule has 0 aliphatic carbocycles. The van der Waals surface area contributed by atoms with E-state index in [9.17, 15) is 9.59 Å². The van der Waals surface area contributed by atoms with E-state index in [-0.39, 0.29) is 30.6 Å². The Morgan fingerprint density at radius 2 is 1.80 bits per heavy atom. The molecule has 6 heteroatoms. The highest BCUT2D eigenvalue weighted by Gasteiger charge is 2.41. The predicted molar refractivity (Wildman–Crippen MR) is 115 cm³/mol. The van der Waals surface area contributed by atoms with Gasteiger partial charge in [0.15, 0.2) is 0 Å². The van der Waals surface area contributed by atoms with E-state index in [4.69, 9.17) is 4.74 Å². The quantitative estimate of drug-likeness (QED) is 0.713. The molecule has 0 aromatic heterocycles. The molecule has 30 heavy (non-hydrogen) atoms. The normalized spacial score (nSPS) is 20.5. The smallest absolute Gasteiger partial charge is 0.327 e. The second-order valence-electron chi connectivity index (χ2n) is 8.12. The Morgan fingerprint density at radius 1 is 1.03 bits per heavy atom. The van der Waals surface area contributed by atoms with Crippen molar-refractivity contribution < 1.29 is 14.3 Å². The predicted octanol–water partition coefficient (Wildman–Crippen LogP) is 3.56. The zero-order valence-corrected chi connectivity index (χ0v) is 17.4. The van der Waals surface area contributed by atoms with Crippen molar-refractivity contribution in [1.29, 1.82) is 0 Å². The van der Waals surface area contributed by atoms with Gasteiger partial charge in [-0.2, -0.15) is 0 Å². The van der Waals surface area contributed by atoms with Crippen molar-refractivity contribution in [1.82, 2.24) is 15.1 Å². The third-order valence-electron chi connectivity index (χ3n) is 5.95. The topological polar surface area (TPSA) is 61.9 Å². The van der Waals surface area contributed by atoms with Crippen LogP contribution in [0.1, 0.15) is 37.3 Å². The average Bonchev–Trinajstić information content (AvgIpc) is 3.07. The molecular weight excluding hydrogens is 378 g/mol. The number of piperidine rings is 1. The molecule has 2 atom stereocenters. The Morgan fingerprint density at radius 3 is 2.50 bits per heavy atom. The summed E-state index contributed by atoms with van der Waals surface area (Å²) >= 11 is 0. The molecule has 2 aromatic carbocycles. The van der Waals surface area contributed by atoms with Crippen LogP contribution in [0.25, 0.3) is 0 Å². The molecule has 1 N–H and O–H groups in total. The first-order chi connectivity index (χ1) is 14.6. The fourth-order valence-electron chi connectivity index (χ4n) is 4.21. The van der Waals surface area contributed by atoms with Crippen LogP contribution in [-0.4, -0.2) is 46.9 Å².